The van der Waals surface area contributed by atoms with Crippen molar-refractivity contribution in [2.75, 3.05) is 31.6 Å². The number of anilines is 1. The Hall–Kier alpha value is -3.13. The van der Waals surface area contributed by atoms with Gasteiger partial charge >= 0.3 is 0 Å². The van der Waals surface area contributed by atoms with E-state index in [1.54, 1.807) is 6.08 Å². The summed E-state index contributed by atoms with van der Waals surface area (Å²) < 4.78 is 40.8. The average molecular weight is 519 g/mol. The molecule has 0 atom stereocenters. The maximum atomic E-state index is 13.3. The maximum absolute atomic E-state index is 13.3. The van der Waals surface area contributed by atoms with Gasteiger partial charge in [0.25, 0.3) is 10.0 Å². The van der Waals surface area contributed by atoms with E-state index in [-0.39, 0.29) is 0 Å². The van der Waals surface area contributed by atoms with Crippen LogP contribution in [0, 0.1) is 6.92 Å². The summed E-state index contributed by atoms with van der Waals surface area (Å²) in [5, 5.41) is 0. The van der Waals surface area contributed by atoms with E-state index in [9.17, 15) is 8.42 Å². The predicted molar refractivity (Wildman–Crippen MR) is 149 cm³/mol. The molecule has 0 amide bonds. The Labute approximate surface area is 220 Å². The molecular weight excluding hydrogens is 484 g/mol. The summed E-state index contributed by atoms with van der Waals surface area (Å²) in [5.74, 6) is 0.694. The highest BCUT2D eigenvalue weighted by Gasteiger charge is 2.22. The lowest BCUT2D eigenvalue weighted by Gasteiger charge is -2.31. The second-order valence-corrected chi connectivity index (χ2v) is 11.6. The number of hydrogen-bond acceptors (Lipinski definition) is 5. The molecule has 6 nitrogen and oxygen atoms in total. The van der Waals surface area contributed by atoms with Crippen molar-refractivity contribution in [3.8, 4) is 16.9 Å². The third-order valence-corrected chi connectivity index (χ3v) is 8.63. The van der Waals surface area contributed by atoms with Gasteiger partial charge < -0.3 is 9.47 Å². The average Bonchev–Trinajstić information content (AvgIpc) is 3.13. The number of sulfonamides is 1. The maximum Gasteiger partial charge on any atom is 0.258 e. The lowest BCUT2D eigenvalue weighted by Crippen LogP contribution is -2.36. The van der Waals surface area contributed by atoms with Crippen LogP contribution in [-0.2, 0) is 21.3 Å². The van der Waals surface area contributed by atoms with Crippen LogP contribution < -0.4 is 9.46 Å². The van der Waals surface area contributed by atoms with Gasteiger partial charge in [0, 0.05) is 43.5 Å². The van der Waals surface area contributed by atoms with Crippen molar-refractivity contribution in [2.45, 2.75) is 38.8 Å². The van der Waals surface area contributed by atoms with Crippen LogP contribution in [0.25, 0.3) is 17.2 Å². The Bertz CT molecular complexity index is 1360. The number of rotatable bonds is 7. The Balaban J connectivity index is 1.31. The fourth-order valence-electron chi connectivity index (χ4n) is 4.88. The van der Waals surface area contributed by atoms with Crippen molar-refractivity contribution in [3.63, 3.8) is 0 Å². The second kappa shape index (κ2) is 11.1. The lowest BCUT2D eigenvalue weighted by atomic mass is 10.0. The molecule has 1 fully saturated rings. The Kier molecular flexibility index (Phi) is 7.65. The number of nitrogens with one attached hydrogen (secondary N) is 1. The first-order valence-electron chi connectivity index (χ1n) is 12.8. The minimum absolute atomic E-state index is 0.303. The summed E-state index contributed by atoms with van der Waals surface area (Å²) in [4.78, 5) is 2.66. The first-order valence-corrected chi connectivity index (χ1v) is 14.3. The first kappa shape index (κ1) is 25.5. The molecule has 1 saturated heterocycles. The smallest absolute Gasteiger partial charge is 0.258 e. The standard InChI is InChI=1S/C30H34N2O4S/c1-22-3-7-24(8-4-22)25-9-12-30-26(19-25)20-29(15-18-36-30)37(33,34)31-27-10-5-23(6-11-27)21-32(2)28-13-16-35-17-14-28/h3-12,19-20,28,31H,13-18,21H2,1-2H3. The largest absolute Gasteiger partial charge is 0.493 e. The zero-order valence-electron chi connectivity index (χ0n) is 21.4. The highest BCUT2D eigenvalue weighted by molar-refractivity contribution is 7.96. The first-order chi connectivity index (χ1) is 17.9. The zero-order valence-corrected chi connectivity index (χ0v) is 22.3. The fourth-order valence-corrected chi connectivity index (χ4v) is 6.09. The molecule has 194 valence electrons. The van der Waals surface area contributed by atoms with Gasteiger partial charge in [0.15, 0.2) is 0 Å². The molecule has 0 saturated carbocycles. The van der Waals surface area contributed by atoms with E-state index in [0.29, 0.717) is 35.4 Å². The Morgan fingerprint density at radius 1 is 0.919 bits per heavy atom. The van der Waals surface area contributed by atoms with Gasteiger partial charge in [0.2, 0.25) is 0 Å². The molecule has 7 heteroatoms. The molecule has 37 heavy (non-hydrogen) atoms. The van der Waals surface area contributed by atoms with Crippen molar-refractivity contribution in [2.24, 2.45) is 0 Å². The van der Waals surface area contributed by atoms with Gasteiger partial charge in [-0.3, -0.25) is 9.62 Å². The SMILES string of the molecule is Cc1ccc(-c2ccc3c(c2)C=C(S(=O)(=O)Nc2ccc(CN(C)C4CCOCC4)cc2)CCO3)cc1. The van der Waals surface area contributed by atoms with Gasteiger partial charge in [-0.05, 0) is 73.8 Å². The van der Waals surface area contributed by atoms with Gasteiger partial charge in [-0.25, -0.2) is 8.42 Å². The molecule has 3 aromatic carbocycles. The highest BCUT2D eigenvalue weighted by atomic mass is 32.2. The van der Waals surface area contributed by atoms with Crippen LogP contribution in [-0.4, -0.2) is 46.2 Å². The zero-order chi connectivity index (χ0) is 25.8. The van der Waals surface area contributed by atoms with E-state index in [4.69, 9.17) is 9.47 Å². The van der Waals surface area contributed by atoms with Crippen LogP contribution in [0.5, 0.6) is 5.75 Å². The van der Waals surface area contributed by atoms with E-state index in [1.807, 2.05) is 42.5 Å². The third-order valence-electron chi connectivity index (χ3n) is 7.11. The second-order valence-electron chi connectivity index (χ2n) is 9.89. The fraction of sp³-hybridized carbons (Fsp3) is 0.333. The number of fused-ring (bicyclic) bond motifs is 1. The summed E-state index contributed by atoms with van der Waals surface area (Å²) in [6.45, 7) is 4.81. The van der Waals surface area contributed by atoms with E-state index in [1.165, 1.54) is 5.56 Å². The quantitative estimate of drug-likeness (QED) is 0.426. The van der Waals surface area contributed by atoms with E-state index >= 15 is 0 Å². The molecule has 0 aliphatic carbocycles. The van der Waals surface area contributed by atoms with Gasteiger partial charge in [0.1, 0.15) is 5.75 Å². The summed E-state index contributed by atoms with van der Waals surface area (Å²) in [6.07, 6.45) is 4.13. The number of ether oxygens (including phenoxy) is 2. The molecule has 2 heterocycles. The molecule has 5 rings (SSSR count). The van der Waals surface area contributed by atoms with Crippen LogP contribution in [0.3, 0.4) is 0 Å². The Morgan fingerprint density at radius 2 is 1.62 bits per heavy atom. The molecule has 0 unspecified atom stereocenters. The predicted octanol–water partition coefficient (Wildman–Crippen LogP) is 5.84. The van der Waals surface area contributed by atoms with Crippen LogP contribution in [0.2, 0.25) is 0 Å². The minimum Gasteiger partial charge on any atom is -0.493 e. The van der Waals surface area contributed by atoms with Crippen molar-refractivity contribution in [1.82, 2.24) is 4.90 Å². The number of hydrogen-bond donors (Lipinski definition) is 1. The number of aryl methyl sites for hydroxylation is 1. The molecule has 3 aromatic rings. The van der Waals surface area contributed by atoms with Crippen molar-refractivity contribution in [3.05, 3.63) is 88.3 Å². The molecule has 0 radical (unpaired) electrons. The molecule has 0 bridgehead atoms. The van der Waals surface area contributed by atoms with E-state index in [2.05, 4.69) is 47.9 Å². The van der Waals surface area contributed by atoms with Crippen molar-refractivity contribution in [1.29, 1.82) is 0 Å². The number of benzene rings is 3. The molecule has 1 N–H and O–H groups in total. The molecule has 0 spiro atoms. The van der Waals surface area contributed by atoms with Gasteiger partial charge in [-0.1, -0.05) is 48.0 Å². The van der Waals surface area contributed by atoms with Crippen molar-refractivity contribution >= 4 is 21.8 Å². The van der Waals surface area contributed by atoms with E-state index < -0.39 is 10.0 Å². The third kappa shape index (κ3) is 6.24. The normalized spacial score (nSPS) is 16.5. The van der Waals surface area contributed by atoms with Crippen LogP contribution >= 0.6 is 0 Å². The summed E-state index contributed by atoms with van der Waals surface area (Å²) in [6, 6.07) is 22.4. The monoisotopic (exact) mass is 518 g/mol. The molecular formula is C30H34N2O4S. The minimum atomic E-state index is -3.73. The topological polar surface area (TPSA) is 67.9 Å². The van der Waals surface area contributed by atoms with E-state index in [0.717, 1.165) is 54.9 Å². The summed E-state index contributed by atoms with van der Waals surface area (Å²) >= 11 is 0. The lowest BCUT2D eigenvalue weighted by molar-refractivity contribution is 0.0407. The van der Waals surface area contributed by atoms with Gasteiger partial charge in [0.05, 0.1) is 11.5 Å². The summed E-state index contributed by atoms with van der Waals surface area (Å²) in [7, 11) is -1.60. The molecule has 2 aliphatic rings. The highest BCUT2D eigenvalue weighted by Crippen LogP contribution is 2.33. The summed E-state index contributed by atoms with van der Waals surface area (Å²) in [5.41, 5.74) is 5.76. The van der Waals surface area contributed by atoms with Crippen molar-refractivity contribution < 1.29 is 17.9 Å². The Morgan fingerprint density at radius 3 is 2.35 bits per heavy atom. The molecule has 0 aromatic heterocycles. The van der Waals surface area contributed by atoms with Gasteiger partial charge in [-0.2, -0.15) is 0 Å². The van der Waals surface area contributed by atoms with Crippen LogP contribution in [0.15, 0.2) is 71.6 Å². The van der Waals surface area contributed by atoms with Gasteiger partial charge in [-0.15, -0.1) is 0 Å². The molecule has 2 aliphatic heterocycles. The van der Waals surface area contributed by atoms with Crippen LogP contribution in [0.1, 0.15) is 36.0 Å². The number of nitrogens with zero attached hydrogens (tertiary/aromatic N) is 1. The van der Waals surface area contributed by atoms with Crippen LogP contribution in [0.4, 0.5) is 5.69 Å².